The number of nitrogens with one attached hydrogen (secondary N) is 1. The largest absolute Gasteiger partial charge is 0.462 e. The van der Waals surface area contributed by atoms with Crippen LogP contribution in [0.3, 0.4) is 0 Å². The first-order valence-corrected chi connectivity index (χ1v) is 13.9. The highest BCUT2D eigenvalue weighted by atomic mass is 32.2. The molecule has 0 spiro atoms. The van der Waals surface area contributed by atoms with E-state index in [1.807, 2.05) is 13.0 Å². The molecule has 0 radical (unpaired) electrons. The molecule has 4 rings (SSSR count). The van der Waals surface area contributed by atoms with Gasteiger partial charge in [0.2, 0.25) is 0 Å². The second-order valence-electron chi connectivity index (χ2n) is 7.41. The molecule has 0 aliphatic heterocycles. The highest BCUT2D eigenvalue weighted by molar-refractivity contribution is 7.92. The number of fused-ring (bicyclic) bond motifs is 1. The van der Waals surface area contributed by atoms with Crippen LogP contribution in [-0.2, 0) is 14.8 Å². The fourth-order valence-electron chi connectivity index (χ4n) is 3.49. The zero-order valence-electron chi connectivity index (χ0n) is 19.3. The van der Waals surface area contributed by atoms with Crippen LogP contribution in [0.15, 0.2) is 59.5 Å². The fourth-order valence-corrected chi connectivity index (χ4v) is 7.18. The number of thiazole rings is 1. The molecule has 11 heteroatoms. The minimum atomic E-state index is -3.78. The second kappa shape index (κ2) is 10.1. The normalized spacial score (nSPS) is 11.4. The highest BCUT2D eigenvalue weighted by Crippen LogP contribution is 2.37. The molecule has 1 N–H and O–H groups in total. The molecule has 2 heterocycles. The zero-order valence-corrected chi connectivity index (χ0v) is 21.7. The molecule has 0 saturated heterocycles. The first-order chi connectivity index (χ1) is 16.8. The van der Waals surface area contributed by atoms with Crippen LogP contribution in [0.5, 0.6) is 0 Å². The Morgan fingerprint density at radius 1 is 1.03 bits per heavy atom. The summed E-state index contributed by atoms with van der Waals surface area (Å²) in [6.07, 6.45) is 0. The number of ether oxygens (including phenoxy) is 1. The molecular weight excluding hydrogens is 506 g/mol. The lowest BCUT2D eigenvalue weighted by Gasteiger charge is -2.22. The van der Waals surface area contributed by atoms with E-state index in [9.17, 15) is 18.0 Å². The van der Waals surface area contributed by atoms with E-state index in [1.165, 1.54) is 51.2 Å². The van der Waals surface area contributed by atoms with Crippen molar-refractivity contribution >= 4 is 64.9 Å². The van der Waals surface area contributed by atoms with Gasteiger partial charge in [-0.15, -0.1) is 11.3 Å². The van der Waals surface area contributed by atoms with Gasteiger partial charge >= 0.3 is 5.97 Å². The van der Waals surface area contributed by atoms with Gasteiger partial charge in [0.15, 0.2) is 5.13 Å². The van der Waals surface area contributed by atoms with E-state index in [0.29, 0.717) is 32.7 Å². The van der Waals surface area contributed by atoms with Gasteiger partial charge in [-0.3, -0.25) is 14.4 Å². The Hall–Kier alpha value is -3.28. The summed E-state index contributed by atoms with van der Waals surface area (Å²) in [5.41, 5.74) is 1.64. The van der Waals surface area contributed by atoms with Gasteiger partial charge in [0.25, 0.3) is 15.9 Å². The number of esters is 1. The first-order valence-electron chi connectivity index (χ1n) is 10.8. The van der Waals surface area contributed by atoms with E-state index >= 15 is 0 Å². The van der Waals surface area contributed by atoms with Gasteiger partial charge in [0.05, 0.1) is 21.9 Å². The van der Waals surface area contributed by atoms with Crippen molar-refractivity contribution < 1.29 is 22.7 Å². The predicted molar refractivity (Wildman–Crippen MR) is 139 cm³/mol. The van der Waals surface area contributed by atoms with Crippen LogP contribution < -0.4 is 9.62 Å². The molecule has 1 amide bonds. The number of benzene rings is 2. The number of thiophene rings is 1. The Kier molecular flexibility index (Phi) is 7.20. The number of hydrogen-bond donors (Lipinski definition) is 1. The standard InChI is InChI=1S/C24H23N3O5S3/c1-4-27(17-9-7-6-8-10-17)35(30,31)18-13-11-16(12-14-18)21(28)25-24-26-22-19(34-24)15(3)20(33-22)23(29)32-5-2/h6-14H,4-5H2,1-3H3,(H,25,26,28). The summed E-state index contributed by atoms with van der Waals surface area (Å²) in [5, 5.41) is 3.15. The number of hydrogen-bond acceptors (Lipinski definition) is 8. The van der Waals surface area contributed by atoms with Crippen molar-refractivity contribution in [1.29, 1.82) is 0 Å². The van der Waals surface area contributed by atoms with Crippen LogP contribution in [0.1, 0.15) is 39.4 Å². The highest BCUT2D eigenvalue weighted by Gasteiger charge is 2.24. The molecule has 0 unspecified atom stereocenters. The van der Waals surface area contributed by atoms with E-state index in [2.05, 4.69) is 10.3 Å². The Balaban J connectivity index is 1.51. The zero-order chi connectivity index (χ0) is 25.2. The van der Waals surface area contributed by atoms with Crippen LogP contribution in [-0.4, -0.2) is 38.4 Å². The summed E-state index contributed by atoms with van der Waals surface area (Å²) in [6.45, 7) is 5.90. The van der Waals surface area contributed by atoms with Gasteiger partial charge in [-0.2, -0.15) is 0 Å². The third-order valence-electron chi connectivity index (χ3n) is 5.19. The third kappa shape index (κ3) is 4.93. The van der Waals surface area contributed by atoms with Crippen LogP contribution in [0, 0.1) is 6.92 Å². The maximum atomic E-state index is 13.1. The summed E-state index contributed by atoms with van der Waals surface area (Å²) in [6, 6.07) is 14.6. The van der Waals surface area contributed by atoms with Gasteiger partial charge < -0.3 is 4.74 Å². The molecule has 0 atom stereocenters. The van der Waals surface area contributed by atoms with E-state index in [-0.39, 0.29) is 17.4 Å². The molecule has 0 aliphatic carbocycles. The summed E-state index contributed by atoms with van der Waals surface area (Å²) in [7, 11) is -3.78. The minimum Gasteiger partial charge on any atom is -0.462 e. The summed E-state index contributed by atoms with van der Waals surface area (Å²) < 4.78 is 33.5. The topological polar surface area (TPSA) is 106 Å². The van der Waals surface area contributed by atoms with Crippen molar-refractivity contribution in [3.63, 3.8) is 0 Å². The number of sulfonamides is 1. The van der Waals surface area contributed by atoms with Crippen LogP contribution in [0.25, 0.3) is 9.53 Å². The van der Waals surface area contributed by atoms with Crippen LogP contribution >= 0.6 is 22.7 Å². The lowest BCUT2D eigenvalue weighted by Crippen LogP contribution is -2.30. The van der Waals surface area contributed by atoms with Crippen LogP contribution in [0.2, 0.25) is 0 Å². The van der Waals surface area contributed by atoms with Crippen molar-refractivity contribution in [3.05, 3.63) is 70.6 Å². The number of nitrogens with zero attached hydrogens (tertiary/aromatic N) is 2. The molecular formula is C24H23N3O5S3. The minimum absolute atomic E-state index is 0.0941. The van der Waals surface area contributed by atoms with Crippen molar-refractivity contribution in [2.45, 2.75) is 25.7 Å². The smallest absolute Gasteiger partial charge is 0.348 e. The Morgan fingerprint density at radius 2 is 1.71 bits per heavy atom. The van der Waals surface area contributed by atoms with E-state index in [4.69, 9.17) is 4.74 Å². The molecule has 8 nitrogen and oxygen atoms in total. The molecule has 0 aliphatic rings. The van der Waals surface area contributed by atoms with Gasteiger partial charge in [0, 0.05) is 12.1 Å². The maximum absolute atomic E-state index is 13.1. The molecule has 4 aromatic rings. The monoisotopic (exact) mass is 529 g/mol. The summed E-state index contributed by atoms with van der Waals surface area (Å²) in [4.78, 5) is 30.5. The summed E-state index contributed by atoms with van der Waals surface area (Å²) in [5.74, 6) is -0.788. The van der Waals surface area contributed by atoms with Crippen molar-refractivity contribution in [1.82, 2.24) is 4.98 Å². The van der Waals surface area contributed by atoms with E-state index in [0.717, 1.165) is 10.3 Å². The molecule has 35 heavy (non-hydrogen) atoms. The Labute approximate surface area is 211 Å². The number of anilines is 2. The maximum Gasteiger partial charge on any atom is 0.348 e. The van der Waals surface area contributed by atoms with Gasteiger partial charge in [-0.25, -0.2) is 18.2 Å². The summed E-state index contributed by atoms with van der Waals surface area (Å²) >= 11 is 2.50. The second-order valence-corrected chi connectivity index (χ2v) is 11.3. The molecule has 2 aromatic heterocycles. The van der Waals surface area contributed by atoms with Gasteiger partial charge in [-0.05, 0) is 62.7 Å². The third-order valence-corrected chi connectivity index (χ3v) is 9.50. The average Bonchev–Trinajstić information content (AvgIpc) is 3.38. The number of carbonyl (C=O) groups is 2. The van der Waals surface area contributed by atoms with Crippen LogP contribution in [0.4, 0.5) is 10.8 Å². The SMILES string of the molecule is CCOC(=O)c1sc2nc(NC(=O)c3ccc(S(=O)(=O)N(CC)c4ccccc4)cc3)sc2c1C. The predicted octanol–water partition coefficient (Wildman–Crippen LogP) is 5.31. The number of rotatable bonds is 8. The van der Waals surface area contributed by atoms with Gasteiger partial charge in [-0.1, -0.05) is 29.5 Å². The number of aromatic nitrogens is 1. The molecule has 182 valence electrons. The lowest BCUT2D eigenvalue weighted by molar-refractivity contribution is 0.0531. The van der Waals surface area contributed by atoms with E-state index < -0.39 is 15.9 Å². The van der Waals surface area contributed by atoms with E-state index in [1.54, 1.807) is 38.1 Å². The molecule has 0 saturated carbocycles. The van der Waals surface area contributed by atoms with Crippen molar-refractivity contribution in [2.75, 3.05) is 22.8 Å². The van der Waals surface area contributed by atoms with Gasteiger partial charge in [0.1, 0.15) is 9.71 Å². The average molecular weight is 530 g/mol. The quantitative estimate of drug-likeness (QED) is 0.310. The van der Waals surface area contributed by atoms with Crippen molar-refractivity contribution in [2.24, 2.45) is 0 Å². The molecule has 0 fully saturated rings. The molecule has 2 aromatic carbocycles. The fraction of sp³-hybridized carbons (Fsp3) is 0.208. The Morgan fingerprint density at radius 3 is 2.31 bits per heavy atom. The molecule has 0 bridgehead atoms. The van der Waals surface area contributed by atoms with Crippen molar-refractivity contribution in [3.8, 4) is 0 Å². The number of para-hydroxylation sites is 1. The number of carbonyl (C=O) groups excluding carboxylic acids is 2. The first kappa shape index (κ1) is 24.8. The number of aryl methyl sites for hydroxylation is 1. The lowest BCUT2D eigenvalue weighted by atomic mass is 10.2. The Bertz CT molecular complexity index is 1480. The number of amides is 1.